The van der Waals surface area contributed by atoms with Crippen LogP contribution in [0.3, 0.4) is 0 Å². The van der Waals surface area contributed by atoms with E-state index >= 15 is 0 Å². The van der Waals surface area contributed by atoms with E-state index in [1.54, 1.807) is 0 Å². The molecule has 1 N–H and O–H groups in total. The van der Waals surface area contributed by atoms with E-state index < -0.39 is 0 Å². The molecule has 0 bridgehead atoms. The fraction of sp³-hybridized carbons (Fsp3) is 0.667. The summed E-state index contributed by atoms with van der Waals surface area (Å²) >= 11 is 5.88. The highest BCUT2D eigenvalue weighted by molar-refractivity contribution is 6.29. The van der Waals surface area contributed by atoms with Gasteiger partial charge in [-0.3, -0.25) is 4.79 Å². The fourth-order valence-electron chi connectivity index (χ4n) is 2.23. The molecule has 1 fully saturated rings. The lowest BCUT2D eigenvalue weighted by Crippen LogP contribution is -2.52. The molecule has 1 aromatic rings. The predicted octanol–water partition coefficient (Wildman–Crippen LogP) is 1.81. The SMILES string of the molecule is Cc1noc(Cl)c1CCC(=O)N1CCNC[C@H]1C.Cl. The molecule has 7 heteroatoms. The average molecular weight is 308 g/mol. The number of rotatable bonds is 3. The maximum absolute atomic E-state index is 12.1. The molecular weight excluding hydrogens is 289 g/mol. The Balaban J connectivity index is 0.00000180. The first-order valence-electron chi connectivity index (χ1n) is 6.20. The molecule has 1 atom stereocenters. The second kappa shape index (κ2) is 7.12. The van der Waals surface area contributed by atoms with Crippen LogP contribution in [0.5, 0.6) is 0 Å². The molecule has 0 spiro atoms. The third-order valence-corrected chi connectivity index (χ3v) is 3.64. The lowest BCUT2D eigenvalue weighted by molar-refractivity contribution is -0.133. The Kier molecular flexibility index (Phi) is 6.10. The van der Waals surface area contributed by atoms with Gasteiger partial charge >= 0.3 is 0 Å². The summed E-state index contributed by atoms with van der Waals surface area (Å²) in [6.45, 7) is 6.39. The number of carbonyl (C=O) groups excluding carboxylic acids is 1. The highest BCUT2D eigenvalue weighted by Crippen LogP contribution is 2.21. The zero-order valence-corrected chi connectivity index (χ0v) is 12.7. The molecule has 108 valence electrons. The van der Waals surface area contributed by atoms with Crippen molar-refractivity contribution < 1.29 is 9.32 Å². The van der Waals surface area contributed by atoms with Crippen LogP contribution in [0.4, 0.5) is 0 Å². The second-order valence-corrected chi connectivity index (χ2v) is 5.00. The molecule has 1 aliphatic heterocycles. The minimum atomic E-state index is 0. The number of nitrogens with one attached hydrogen (secondary N) is 1. The molecule has 1 aromatic heterocycles. The van der Waals surface area contributed by atoms with Gasteiger partial charge in [0, 0.05) is 37.7 Å². The fourth-order valence-corrected chi connectivity index (χ4v) is 2.49. The van der Waals surface area contributed by atoms with E-state index in [1.807, 2.05) is 11.8 Å². The summed E-state index contributed by atoms with van der Waals surface area (Å²) in [5, 5.41) is 7.35. The van der Waals surface area contributed by atoms with Crippen molar-refractivity contribution in [3.8, 4) is 0 Å². The number of nitrogens with zero attached hydrogens (tertiary/aromatic N) is 2. The highest BCUT2D eigenvalue weighted by atomic mass is 35.5. The van der Waals surface area contributed by atoms with Gasteiger partial charge in [-0.25, -0.2) is 0 Å². The van der Waals surface area contributed by atoms with Crippen molar-refractivity contribution in [1.29, 1.82) is 0 Å². The summed E-state index contributed by atoms with van der Waals surface area (Å²) in [4.78, 5) is 14.1. The zero-order valence-electron chi connectivity index (χ0n) is 11.1. The summed E-state index contributed by atoms with van der Waals surface area (Å²) in [6, 6.07) is 0.255. The van der Waals surface area contributed by atoms with Crippen LogP contribution in [-0.4, -0.2) is 41.6 Å². The first kappa shape index (κ1) is 16.3. The monoisotopic (exact) mass is 307 g/mol. The third kappa shape index (κ3) is 3.84. The predicted molar refractivity (Wildman–Crippen MR) is 75.9 cm³/mol. The van der Waals surface area contributed by atoms with E-state index in [-0.39, 0.29) is 24.4 Å². The van der Waals surface area contributed by atoms with E-state index in [0.717, 1.165) is 30.9 Å². The minimum Gasteiger partial charge on any atom is -0.344 e. The van der Waals surface area contributed by atoms with Gasteiger partial charge in [-0.15, -0.1) is 12.4 Å². The number of carbonyl (C=O) groups is 1. The number of halogens is 2. The van der Waals surface area contributed by atoms with Gasteiger partial charge in [0.05, 0.1) is 5.69 Å². The Morgan fingerprint density at radius 1 is 1.63 bits per heavy atom. The van der Waals surface area contributed by atoms with Crippen LogP contribution < -0.4 is 5.32 Å². The number of aromatic nitrogens is 1. The van der Waals surface area contributed by atoms with Gasteiger partial charge in [0.2, 0.25) is 11.1 Å². The van der Waals surface area contributed by atoms with E-state index in [1.165, 1.54) is 0 Å². The quantitative estimate of drug-likeness (QED) is 0.925. The molecule has 19 heavy (non-hydrogen) atoms. The zero-order chi connectivity index (χ0) is 13.1. The van der Waals surface area contributed by atoms with E-state index in [4.69, 9.17) is 16.1 Å². The van der Waals surface area contributed by atoms with Crippen molar-refractivity contribution in [1.82, 2.24) is 15.4 Å². The van der Waals surface area contributed by atoms with Crippen LogP contribution in [0.1, 0.15) is 24.6 Å². The molecule has 2 rings (SSSR count). The van der Waals surface area contributed by atoms with Gasteiger partial charge in [0.15, 0.2) is 0 Å². The molecule has 0 aromatic carbocycles. The van der Waals surface area contributed by atoms with Gasteiger partial charge < -0.3 is 14.7 Å². The normalized spacial score (nSPS) is 19.1. The minimum absolute atomic E-state index is 0. The molecule has 1 saturated heterocycles. The summed E-state index contributed by atoms with van der Waals surface area (Å²) < 4.78 is 4.87. The van der Waals surface area contributed by atoms with Crippen molar-refractivity contribution in [2.45, 2.75) is 32.7 Å². The molecule has 5 nitrogen and oxygen atoms in total. The summed E-state index contributed by atoms with van der Waals surface area (Å²) in [7, 11) is 0. The third-order valence-electron chi connectivity index (χ3n) is 3.35. The average Bonchev–Trinajstić information content (AvgIpc) is 2.67. The summed E-state index contributed by atoms with van der Waals surface area (Å²) in [5.41, 5.74) is 1.61. The van der Waals surface area contributed by atoms with Gasteiger partial charge in [-0.1, -0.05) is 5.16 Å². The first-order valence-corrected chi connectivity index (χ1v) is 6.58. The van der Waals surface area contributed by atoms with Gasteiger partial charge in [-0.2, -0.15) is 0 Å². The van der Waals surface area contributed by atoms with Crippen LogP contribution in [-0.2, 0) is 11.2 Å². The molecule has 0 unspecified atom stereocenters. The molecule has 0 saturated carbocycles. The molecule has 0 radical (unpaired) electrons. The van der Waals surface area contributed by atoms with E-state index in [9.17, 15) is 4.79 Å². The Labute approximate surface area is 124 Å². The van der Waals surface area contributed by atoms with E-state index in [0.29, 0.717) is 18.1 Å². The Bertz CT molecular complexity index is 417. The largest absolute Gasteiger partial charge is 0.344 e. The first-order chi connectivity index (χ1) is 8.59. The molecule has 2 heterocycles. The number of piperazine rings is 1. The number of hydrogen-bond donors (Lipinski definition) is 1. The smallest absolute Gasteiger partial charge is 0.229 e. The Morgan fingerprint density at radius 2 is 2.37 bits per heavy atom. The van der Waals surface area contributed by atoms with Crippen LogP contribution in [0.25, 0.3) is 0 Å². The maximum atomic E-state index is 12.1. The lowest BCUT2D eigenvalue weighted by atomic mass is 10.1. The Hall–Kier alpha value is -0.780. The maximum Gasteiger partial charge on any atom is 0.229 e. The standard InChI is InChI=1S/C12H18ClN3O2.ClH/c1-8-7-14-5-6-16(8)11(17)4-3-10-9(2)15-18-12(10)13;/h8,14H,3-7H2,1-2H3;1H/t8-;/m1./s1. The molecule has 1 aliphatic rings. The summed E-state index contributed by atoms with van der Waals surface area (Å²) in [6.07, 6.45) is 1.04. The van der Waals surface area contributed by atoms with Crippen LogP contribution in [0.2, 0.25) is 5.22 Å². The highest BCUT2D eigenvalue weighted by Gasteiger charge is 2.23. The summed E-state index contributed by atoms with van der Waals surface area (Å²) in [5.74, 6) is 0.167. The number of hydrogen-bond acceptors (Lipinski definition) is 4. The van der Waals surface area contributed by atoms with Crippen LogP contribution in [0, 0.1) is 6.92 Å². The van der Waals surface area contributed by atoms with Crippen molar-refractivity contribution in [2.24, 2.45) is 0 Å². The van der Waals surface area contributed by atoms with Crippen LogP contribution >= 0.6 is 24.0 Å². The van der Waals surface area contributed by atoms with Crippen LogP contribution in [0.15, 0.2) is 4.52 Å². The van der Waals surface area contributed by atoms with Gasteiger partial charge in [0.1, 0.15) is 0 Å². The number of amides is 1. The molecule has 1 amide bonds. The molecular formula is C12H19Cl2N3O2. The Morgan fingerprint density at radius 3 is 2.95 bits per heavy atom. The topological polar surface area (TPSA) is 58.4 Å². The van der Waals surface area contributed by atoms with Gasteiger partial charge in [-0.05, 0) is 31.9 Å². The van der Waals surface area contributed by atoms with Crippen molar-refractivity contribution in [2.75, 3.05) is 19.6 Å². The van der Waals surface area contributed by atoms with Crippen molar-refractivity contribution >= 4 is 29.9 Å². The lowest BCUT2D eigenvalue weighted by Gasteiger charge is -2.34. The number of aryl methyl sites for hydroxylation is 1. The molecule has 0 aliphatic carbocycles. The van der Waals surface area contributed by atoms with E-state index in [2.05, 4.69) is 17.4 Å². The van der Waals surface area contributed by atoms with Gasteiger partial charge in [0.25, 0.3) is 0 Å². The van der Waals surface area contributed by atoms with Crippen molar-refractivity contribution in [3.05, 3.63) is 16.5 Å². The second-order valence-electron chi connectivity index (χ2n) is 4.66. The van der Waals surface area contributed by atoms with Crippen molar-refractivity contribution in [3.63, 3.8) is 0 Å².